The third-order valence-electron chi connectivity index (χ3n) is 11.4. The molecule has 0 fully saturated rings. The zero-order valence-electron chi connectivity index (χ0n) is 29.5. The molecule has 2 aliphatic rings. The molecule has 0 amide bonds. The second-order valence-corrected chi connectivity index (χ2v) is 14.3. The lowest BCUT2D eigenvalue weighted by molar-refractivity contribution is 0.753. The van der Waals surface area contributed by atoms with Gasteiger partial charge in [-0.25, -0.2) is 4.98 Å². The van der Waals surface area contributed by atoms with Gasteiger partial charge in [-0.1, -0.05) is 152 Å². The molecule has 0 bridgehead atoms. The van der Waals surface area contributed by atoms with Gasteiger partial charge in [0.2, 0.25) is 0 Å². The van der Waals surface area contributed by atoms with Gasteiger partial charge in [-0.3, -0.25) is 0 Å². The van der Waals surface area contributed by atoms with Gasteiger partial charge in [-0.05, 0) is 110 Å². The standard InChI is InChI=1S/C52H34N2/c1-4-16-35(17-5-1)40-33-48(36-18-6-2-7-19-36)53-49(34-40)39-28-29-44-42(31-39)43-30-37-20-10-11-21-38(37)32-47(43)52(44)45-24-12-14-26-50(45)54(41-22-8-3-9-23-41)51-27-15-13-25-46(51)52/h1-34H. The fourth-order valence-electron chi connectivity index (χ4n) is 9.09. The summed E-state index contributed by atoms with van der Waals surface area (Å²) in [4.78, 5) is 7.78. The van der Waals surface area contributed by atoms with Gasteiger partial charge in [0, 0.05) is 16.8 Å². The first-order chi connectivity index (χ1) is 26.8. The third kappa shape index (κ3) is 4.50. The van der Waals surface area contributed by atoms with Crippen molar-refractivity contribution in [2.45, 2.75) is 5.41 Å². The number of fused-ring (bicyclic) bond motifs is 10. The van der Waals surface area contributed by atoms with Crippen molar-refractivity contribution in [3.05, 3.63) is 229 Å². The zero-order chi connectivity index (χ0) is 35.6. The van der Waals surface area contributed by atoms with Crippen LogP contribution in [0.2, 0.25) is 0 Å². The molecule has 2 heterocycles. The van der Waals surface area contributed by atoms with Crippen molar-refractivity contribution in [2.24, 2.45) is 0 Å². The van der Waals surface area contributed by atoms with E-state index in [1.165, 1.54) is 61.1 Å². The highest BCUT2D eigenvalue weighted by Gasteiger charge is 2.51. The minimum absolute atomic E-state index is 0.528. The summed E-state index contributed by atoms with van der Waals surface area (Å²) in [6.07, 6.45) is 0. The van der Waals surface area contributed by atoms with Crippen LogP contribution in [-0.4, -0.2) is 4.98 Å². The van der Waals surface area contributed by atoms with Crippen LogP contribution >= 0.6 is 0 Å². The van der Waals surface area contributed by atoms with Gasteiger partial charge >= 0.3 is 0 Å². The molecule has 252 valence electrons. The van der Waals surface area contributed by atoms with Crippen molar-refractivity contribution in [3.63, 3.8) is 0 Å². The topological polar surface area (TPSA) is 16.1 Å². The molecular weight excluding hydrogens is 653 g/mol. The predicted octanol–water partition coefficient (Wildman–Crippen LogP) is 13.4. The molecule has 54 heavy (non-hydrogen) atoms. The van der Waals surface area contributed by atoms with Crippen LogP contribution in [0.25, 0.3) is 55.5 Å². The molecule has 0 saturated carbocycles. The largest absolute Gasteiger partial charge is 0.310 e. The monoisotopic (exact) mass is 686 g/mol. The van der Waals surface area contributed by atoms with Crippen LogP contribution in [-0.2, 0) is 5.41 Å². The van der Waals surface area contributed by atoms with E-state index in [0.29, 0.717) is 0 Å². The summed E-state index contributed by atoms with van der Waals surface area (Å²) < 4.78 is 0. The molecular formula is C52H34N2. The quantitative estimate of drug-likeness (QED) is 0.183. The number of nitrogens with zero attached hydrogens (tertiary/aromatic N) is 2. The van der Waals surface area contributed by atoms with Crippen molar-refractivity contribution in [3.8, 4) is 44.8 Å². The van der Waals surface area contributed by atoms with E-state index in [1.807, 2.05) is 0 Å². The summed E-state index contributed by atoms with van der Waals surface area (Å²) in [7, 11) is 0. The molecule has 2 heteroatoms. The Hall–Kier alpha value is -7.03. The molecule has 1 aromatic heterocycles. The summed E-state index contributed by atoms with van der Waals surface area (Å²) in [5.41, 5.74) is 17.2. The molecule has 1 aliphatic heterocycles. The maximum absolute atomic E-state index is 5.34. The SMILES string of the molecule is c1ccc(-c2cc(-c3ccccc3)nc(-c3ccc4c(c3)-c3cc5ccccc5cc3C43c4ccccc4N(c4ccccc4)c4ccccc43)c2)cc1. The second-order valence-electron chi connectivity index (χ2n) is 14.3. The number of pyridine rings is 1. The summed E-state index contributed by atoms with van der Waals surface area (Å²) in [5.74, 6) is 0. The smallest absolute Gasteiger partial charge is 0.0754 e. The molecule has 2 nitrogen and oxygen atoms in total. The average Bonchev–Trinajstić information content (AvgIpc) is 3.52. The Balaban J connectivity index is 1.20. The Morgan fingerprint density at radius 2 is 0.852 bits per heavy atom. The van der Waals surface area contributed by atoms with Crippen LogP contribution in [0.5, 0.6) is 0 Å². The van der Waals surface area contributed by atoms with Gasteiger partial charge in [0.1, 0.15) is 0 Å². The Bertz CT molecular complexity index is 2770. The minimum Gasteiger partial charge on any atom is -0.310 e. The number of anilines is 3. The number of hydrogen-bond donors (Lipinski definition) is 0. The van der Waals surface area contributed by atoms with Crippen molar-refractivity contribution >= 4 is 27.8 Å². The first kappa shape index (κ1) is 30.6. The van der Waals surface area contributed by atoms with Crippen molar-refractivity contribution in [1.29, 1.82) is 0 Å². The first-order valence-electron chi connectivity index (χ1n) is 18.6. The van der Waals surface area contributed by atoms with E-state index in [-0.39, 0.29) is 0 Å². The highest BCUT2D eigenvalue weighted by Crippen LogP contribution is 2.64. The number of aromatic nitrogens is 1. The molecule has 0 saturated heterocycles. The lowest BCUT2D eigenvalue weighted by atomic mass is 9.64. The van der Waals surface area contributed by atoms with E-state index in [4.69, 9.17) is 4.98 Å². The van der Waals surface area contributed by atoms with Crippen LogP contribution in [0.1, 0.15) is 22.3 Å². The van der Waals surface area contributed by atoms with E-state index < -0.39 is 5.41 Å². The van der Waals surface area contributed by atoms with E-state index in [0.717, 1.165) is 33.8 Å². The predicted molar refractivity (Wildman–Crippen MR) is 224 cm³/mol. The van der Waals surface area contributed by atoms with E-state index >= 15 is 0 Å². The number of benzene rings is 8. The summed E-state index contributed by atoms with van der Waals surface area (Å²) in [6.45, 7) is 0. The fourth-order valence-corrected chi connectivity index (χ4v) is 9.09. The molecule has 9 aromatic rings. The third-order valence-corrected chi connectivity index (χ3v) is 11.4. The van der Waals surface area contributed by atoms with Crippen molar-refractivity contribution in [2.75, 3.05) is 4.90 Å². The highest BCUT2D eigenvalue weighted by atomic mass is 15.2. The normalized spacial score (nSPS) is 13.3. The van der Waals surface area contributed by atoms with Crippen molar-refractivity contribution in [1.82, 2.24) is 4.98 Å². The minimum atomic E-state index is -0.528. The number of para-hydroxylation sites is 3. The summed E-state index contributed by atoms with van der Waals surface area (Å²) >= 11 is 0. The molecule has 1 spiro atoms. The number of hydrogen-bond acceptors (Lipinski definition) is 2. The van der Waals surface area contributed by atoms with Crippen LogP contribution < -0.4 is 4.90 Å². The van der Waals surface area contributed by atoms with Gasteiger partial charge in [-0.2, -0.15) is 0 Å². The van der Waals surface area contributed by atoms with E-state index in [1.54, 1.807) is 0 Å². The van der Waals surface area contributed by atoms with Gasteiger partial charge < -0.3 is 4.90 Å². The van der Waals surface area contributed by atoms with Gasteiger partial charge in [0.05, 0.1) is 28.2 Å². The van der Waals surface area contributed by atoms with Crippen LogP contribution in [0.3, 0.4) is 0 Å². The van der Waals surface area contributed by atoms with E-state index in [2.05, 4.69) is 211 Å². The summed E-state index contributed by atoms with van der Waals surface area (Å²) in [6, 6.07) is 75.1. The summed E-state index contributed by atoms with van der Waals surface area (Å²) in [5, 5.41) is 2.48. The molecule has 0 N–H and O–H groups in total. The van der Waals surface area contributed by atoms with Gasteiger partial charge in [0.25, 0.3) is 0 Å². The van der Waals surface area contributed by atoms with Crippen LogP contribution in [0.4, 0.5) is 17.1 Å². The Morgan fingerprint density at radius 3 is 1.52 bits per heavy atom. The zero-order valence-corrected chi connectivity index (χ0v) is 29.5. The molecule has 0 atom stereocenters. The second kappa shape index (κ2) is 12.0. The van der Waals surface area contributed by atoms with Crippen LogP contribution in [0, 0.1) is 0 Å². The Kier molecular flexibility index (Phi) is 6.80. The van der Waals surface area contributed by atoms with Gasteiger partial charge in [0.15, 0.2) is 0 Å². The van der Waals surface area contributed by atoms with Crippen LogP contribution in [0.15, 0.2) is 206 Å². The molecule has 1 aliphatic carbocycles. The van der Waals surface area contributed by atoms with E-state index in [9.17, 15) is 0 Å². The maximum Gasteiger partial charge on any atom is 0.0754 e. The fraction of sp³-hybridized carbons (Fsp3) is 0.0192. The molecule has 0 unspecified atom stereocenters. The maximum atomic E-state index is 5.34. The lowest BCUT2D eigenvalue weighted by Crippen LogP contribution is -2.36. The first-order valence-corrected chi connectivity index (χ1v) is 18.6. The Morgan fingerprint density at radius 1 is 0.333 bits per heavy atom. The average molecular weight is 687 g/mol. The highest BCUT2D eigenvalue weighted by molar-refractivity contribution is 6.01. The molecule has 11 rings (SSSR count). The molecule has 8 aromatic carbocycles. The van der Waals surface area contributed by atoms with Crippen molar-refractivity contribution < 1.29 is 0 Å². The van der Waals surface area contributed by atoms with Gasteiger partial charge in [-0.15, -0.1) is 0 Å². The number of rotatable bonds is 4. The lowest BCUT2D eigenvalue weighted by Gasteiger charge is -2.45. The molecule has 0 radical (unpaired) electrons. The Labute approximate surface area is 315 Å².